The molecule has 0 aliphatic heterocycles. The van der Waals surface area contributed by atoms with Gasteiger partial charge in [0.2, 0.25) is 0 Å². The van der Waals surface area contributed by atoms with Crippen molar-refractivity contribution in [1.29, 1.82) is 0 Å². The maximum absolute atomic E-state index is 11.2. The van der Waals surface area contributed by atoms with Crippen molar-refractivity contribution in [2.24, 2.45) is 0 Å². The summed E-state index contributed by atoms with van der Waals surface area (Å²) in [6.07, 6.45) is 9.48. The van der Waals surface area contributed by atoms with Crippen LogP contribution in [0.2, 0.25) is 0 Å². The quantitative estimate of drug-likeness (QED) is 0.292. The summed E-state index contributed by atoms with van der Waals surface area (Å²) >= 11 is 0. The molecule has 0 radical (unpaired) electrons. The van der Waals surface area contributed by atoms with Gasteiger partial charge in [-0.25, -0.2) is 4.79 Å². The molecule has 0 aliphatic rings. The van der Waals surface area contributed by atoms with Gasteiger partial charge in [-0.1, -0.05) is 59.8 Å². The smallest absolute Gasteiger partial charge is 0.449 e. The van der Waals surface area contributed by atoms with Crippen molar-refractivity contribution < 1.29 is 14.6 Å². The molecule has 0 aliphatic carbocycles. The van der Waals surface area contributed by atoms with Crippen molar-refractivity contribution in [3.8, 4) is 5.75 Å². The van der Waals surface area contributed by atoms with Crippen LogP contribution in [0.4, 0.5) is 4.79 Å². The first-order valence-corrected chi connectivity index (χ1v) is 9.66. The predicted molar refractivity (Wildman–Crippen MR) is 100 cm³/mol. The van der Waals surface area contributed by atoms with Crippen molar-refractivity contribution in [3.63, 3.8) is 0 Å². The molecule has 0 aromatic heterocycles. The Morgan fingerprint density at radius 3 is 1.96 bits per heavy atom. The van der Waals surface area contributed by atoms with Crippen LogP contribution in [0.25, 0.3) is 0 Å². The summed E-state index contributed by atoms with van der Waals surface area (Å²) < 4.78 is 5.18. The molecule has 0 saturated heterocycles. The third-order valence-electron chi connectivity index (χ3n) is 4.47. The highest BCUT2D eigenvalue weighted by atomic mass is 16.7. The lowest BCUT2D eigenvalue weighted by atomic mass is 9.86. The van der Waals surface area contributed by atoms with E-state index in [-0.39, 0.29) is 0 Å². The second-order valence-corrected chi connectivity index (χ2v) is 6.54. The number of aryl methyl sites for hydroxylation is 1. The van der Waals surface area contributed by atoms with Crippen LogP contribution in [-0.2, 0) is 25.7 Å². The van der Waals surface area contributed by atoms with Crippen LogP contribution in [0.1, 0.15) is 88.5 Å². The first-order valence-electron chi connectivity index (χ1n) is 9.66. The molecular formula is C21H34O3. The summed E-state index contributed by atoms with van der Waals surface area (Å²) in [5.41, 5.74) is 5.22. The van der Waals surface area contributed by atoms with Crippen LogP contribution < -0.4 is 4.74 Å². The second kappa shape index (κ2) is 11.1. The largest absolute Gasteiger partial charge is 0.511 e. The van der Waals surface area contributed by atoms with Gasteiger partial charge in [0.05, 0.1) is 0 Å². The van der Waals surface area contributed by atoms with Gasteiger partial charge in [-0.15, -0.1) is 0 Å². The fourth-order valence-electron chi connectivity index (χ4n) is 3.47. The molecule has 0 spiro atoms. The van der Waals surface area contributed by atoms with Crippen LogP contribution in [0, 0.1) is 0 Å². The van der Waals surface area contributed by atoms with Gasteiger partial charge in [0.25, 0.3) is 0 Å². The van der Waals surface area contributed by atoms with Crippen molar-refractivity contribution in [2.45, 2.75) is 91.9 Å². The zero-order valence-corrected chi connectivity index (χ0v) is 15.9. The zero-order chi connectivity index (χ0) is 17.9. The molecule has 1 N–H and O–H groups in total. The average Bonchev–Trinajstić information content (AvgIpc) is 2.53. The minimum absolute atomic E-state index is 0.569. The highest BCUT2D eigenvalue weighted by molar-refractivity contribution is 5.64. The summed E-state index contributed by atoms with van der Waals surface area (Å²) in [4.78, 5) is 11.2. The van der Waals surface area contributed by atoms with E-state index in [0.29, 0.717) is 5.75 Å². The molecule has 1 aromatic carbocycles. The fourth-order valence-corrected chi connectivity index (χ4v) is 3.47. The summed E-state index contributed by atoms with van der Waals surface area (Å²) in [5.74, 6) is 0.569. The Morgan fingerprint density at radius 2 is 1.42 bits per heavy atom. The zero-order valence-electron chi connectivity index (χ0n) is 15.9. The Bertz CT molecular complexity index is 520. The molecule has 3 heteroatoms. The van der Waals surface area contributed by atoms with E-state index in [0.717, 1.165) is 56.9 Å². The minimum atomic E-state index is -1.21. The van der Waals surface area contributed by atoms with E-state index in [1.54, 1.807) is 0 Å². The Kier molecular flexibility index (Phi) is 9.51. The molecule has 3 nitrogen and oxygen atoms in total. The van der Waals surface area contributed by atoms with E-state index < -0.39 is 6.16 Å². The van der Waals surface area contributed by atoms with Gasteiger partial charge in [-0.2, -0.15) is 0 Å². The Labute approximate surface area is 147 Å². The molecule has 0 heterocycles. The van der Waals surface area contributed by atoms with Gasteiger partial charge in [-0.3, -0.25) is 0 Å². The molecule has 1 rings (SSSR count). The van der Waals surface area contributed by atoms with Gasteiger partial charge in [0.15, 0.2) is 0 Å². The lowest BCUT2D eigenvalue weighted by Gasteiger charge is -2.21. The number of hydrogen-bond donors (Lipinski definition) is 1. The van der Waals surface area contributed by atoms with E-state index >= 15 is 0 Å². The first kappa shape index (κ1) is 20.5. The molecule has 0 amide bonds. The molecule has 1 aromatic rings. The topological polar surface area (TPSA) is 46.5 Å². The first-order chi connectivity index (χ1) is 11.6. The average molecular weight is 335 g/mol. The number of unbranched alkanes of at least 4 members (excludes halogenated alkanes) is 2. The van der Waals surface area contributed by atoms with E-state index in [9.17, 15) is 4.79 Å². The SMILES string of the molecule is CCCCCc1cc(OC(=O)O)c(CCC)c(CCC)c1CCC. The van der Waals surface area contributed by atoms with Crippen LogP contribution in [0.3, 0.4) is 0 Å². The van der Waals surface area contributed by atoms with Crippen molar-refractivity contribution >= 4 is 6.16 Å². The minimum Gasteiger partial charge on any atom is -0.449 e. The van der Waals surface area contributed by atoms with Crippen LogP contribution in [0.5, 0.6) is 5.75 Å². The lowest BCUT2D eigenvalue weighted by molar-refractivity contribution is 0.144. The molecule has 0 unspecified atom stereocenters. The van der Waals surface area contributed by atoms with Crippen molar-refractivity contribution in [2.75, 3.05) is 0 Å². The number of carboxylic acid groups (broad SMARTS) is 1. The molecule has 0 fully saturated rings. The van der Waals surface area contributed by atoms with E-state index in [2.05, 4.69) is 27.7 Å². The van der Waals surface area contributed by atoms with Crippen LogP contribution >= 0.6 is 0 Å². The summed E-state index contributed by atoms with van der Waals surface area (Å²) in [6, 6.07) is 2.01. The number of carbonyl (C=O) groups is 1. The highest BCUT2D eigenvalue weighted by Crippen LogP contribution is 2.33. The number of ether oxygens (including phenoxy) is 1. The molecule has 0 bridgehead atoms. The van der Waals surface area contributed by atoms with Gasteiger partial charge in [-0.05, 0) is 60.4 Å². The maximum Gasteiger partial charge on any atom is 0.511 e. The summed E-state index contributed by atoms with van der Waals surface area (Å²) in [7, 11) is 0. The molecule has 0 atom stereocenters. The lowest BCUT2D eigenvalue weighted by Crippen LogP contribution is -2.11. The Balaban J connectivity index is 3.42. The Morgan fingerprint density at radius 1 is 0.833 bits per heavy atom. The van der Waals surface area contributed by atoms with Crippen LogP contribution in [-0.4, -0.2) is 11.3 Å². The van der Waals surface area contributed by atoms with E-state index in [1.165, 1.54) is 29.5 Å². The third kappa shape index (κ3) is 5.85. The monoisotopic (exact) mass is 334 g/mol. The normalized spacial score (nSPS) is 10.8. The number of rotatable bonds is 11. The van der Waals surface area contributed by atoms with Crippen LogP contribution in [0.15, 0.2) is 6.07 Å². The number of benzene rings is 1. The summed E-state index contributed by atoms with van der Waals surface area (Å²) in [5, 5.41) is 9.14. The predicted octanol–water partition coefficient (Wildman–Crippen LogP) is 6.33. The number of hydrogen-bond acceptors (Lipinski definition) is 2. The highest BCUT2D eigenvalue weighted by Gasteiger charge is 2.19. The molecule has 136 valence electrons. The molecular weight excluding hydrogens is 300 g/mol. The molecule has 24 heavy (non-hydrogen) atoms. The van der Waals surface area contributed by atoms with E-state index in [1.807, 2.05) is 6.07 Å². The van der Waals surface area contributed by atoms with Gasteiger partial charge >= 0.3 is 6.16 Å². The van der Waals surface area contributed by atoms with Gasteiger partial charge in [0, 0.05) is 0 Å². The van der Waals surface area contributed by atoms with Crippen molar-refractivity contribution in [1.82, 2.24) is 0 Å². The fraction of sp³-hybridized carbons (Fsp3) is 0.667. The van der Waals surface area contributed by atoms with Gasteiger partial charge in [0.1, 0.15) is 5.75 Å². The summed E-state index contributed by atoms with van der Waals surface area (Å²) in [6.45, 7) is 8.74. The molecule has 0 saturated carbocycles. The van der Waals surface area contributed by atoms with Crippen molar-refractivity contribution in [3.05, 3.63) is 28.3 Å². The second-order valence-electron chi connectivity index (χ2n) is 6.54. The maximum atomic E-state index is 11.2. The standard InChI is InChI=1S/C21H34O3/c1-5-9-10-14-16-15-20(24-21(22)23)19(13-8-4)18(12-7-3)17(16)11-6-2/h15H,5-14H2,1-4H3,(H,22,23). The van der Waals surface area contributed by atoms with E-state index in [4.69, 9.17) is 9.84 Å². The van der Waals surface area contributed by atoms with Gasteiger partial charge < -0.3 is 9.84 Å². The Hall–Kier alpha value is -1.51. The third-order valence-corrected chi connectivity index (χ3v) is 4.47.